The maximum absolute atomic E-state index is 14.0. The van der Waals surface area contributed by atoms with Crippen LogP contribution in [0.1, 0.15) is 101 Å². The second-order valence-corrected chi connectivity index (χ2v) is 10.3. The second kappa shape index (κ2) is 8.98. The van der Waals surface area contributed by atoms with Crippen LogP contribution in [0.25, 0.3) is 0 Å². The Morgan fingerprint density at radius 1 is 0.893 bits per heavy atom. The van der Waals surface area contributed by atoms with Gasteiger partial charge >= 0.3 is 0 Å². The van der Waals surface area contributed by atoms with E-state index in [1.807, 2.05) is 12.1 Å². The molecule has 28 heavy (non-hydrogen) atoms. The van der Waals surface area contributed by atoms with E-state index < -0.39 is 0 Å². The molecule has 0 aliphatic heterocycles. The third-order valence-electron chi connectivity index (χ3n) is 8.43. The van der Waals surface area contributed by atoms with Gasteiger partial charge in [-0.1, -0.05) is 57.9 Å². The number of nitrogens with zero attached hydrogens (tertiary/aromatic N) is 1. The van der Waals surface area contributed by atoms with Crippen molar-refractivity contribution < 1.29 is 4.39 Å². The van der Waals surface area contributed by atoms with E-state index in [9.17, 15) is 4.39 Å². The Hall–Kier alpha value is -1.36. The molecule has 3 fully saturated rings. The van der Waals surface area contributed by atoms with E-state index in [1.165, 1.54) is 77.0 Å². The summed E-state index contributed by atoms with van der Waals surface area (Å²) in [6.07, 6.45) is 16.8. The van der Waals surface area contributed by atoms with Crippen molar-refractivity contribution in [3.8, 4) is 6.07 Å². The highest BCUT2D eigenvalue weighted by Crippen LogP contribution is 2.49. The lowest BCUT2D eigenvalue weighted by molar-refractivity contribution is 0.109. The maximum Gasteiger partial charge on any atom is 0.141 e. The van der Waals surface area contributed by atoms with Crippen LogP contribution in [-0.4, -0.2) is 0 Å². The van der Waals surface area contributed by atoms with E-state index in [4.69, 9.17) is 5.26 Å². The second-order valence-electron chi connectivity index (χ2n) is 10.3. The normalized spacial score (nSPS) is 35.8. The van der Waals surface area contributed by atoms with Crippen LogP contribution >= 0.6 is 0 Å². The molecule has 152 valence electrons. The largest absolute Gasteiger partial charge is 0.206 e. The third-order valence-corrected chi connectivity index (χ3v) is 8.43. The fraction of sp³-hybridized carbons (Fsp3) is 0.731. The third kappa shape index (κ3) is 4.61. The average Bonchev–Trinajstić information content (AvgIpc) is 2.73. The summed E-state index contributed by atoms with van der Waals surface area (Å²) in [6, 6.07) is 7.22. The van der Waals surface area contributed by atoms with Crippen LogP contribution in [0.4, 0.5) is 4.39 Å². The van der Waals surface area contributed by atoms with Gasteiger partial charge in [0.05, 0.1) is 5.56 Å². The molecular formula is C26H36FN. The van der Waals surface area contributed by atoms with Gasteiger partial charge in [0.2, 0.25) is 0 Å². The van der Waals surface area contributed by atoms with Crippen LogP contribution < -0.4 is 0 Å². The molecule has 0 saturated heterocycles. The summed E-state index contributed by atoms with van der Waals surface area (Å²) in [5.41, 5.74) is 1.29. The molecule has 0 spiro atoms. The Balaban J connectivity index is 1.26. The van der Waals surface area contributed by atoms with Crippen molar-refractivity contribution in [2.75, 3.05) is 0 Å². The number of halogens is 1. The van der Waals surface area contributed by atoms with Crippen molar-refractivity contribution >= 4 is 0 Å². The molecule has 4 rings (SSSR count). The first-order chi connectivity index (χ1) is 13.6. The zero-order valence-electron chi connectivity index (χ0n) is 17.5. The minimum absolute atomic E-state index is 0.172. The zero-order valence-corrected chi connectivity index (χ0v) is 17.5. The molecule has 0 N–H and O–H groups in total. The zero-order chi connectivity index (χ0) is 19.5. The quantitative estimate of drug-likeness (QED) is 0.526. The van der Waals surface area contributed by atoms with E-state index in [0.29, 0.717) is 5.92 Å². The van der Waals surface area contributed by atoms with E-state index in [1.54, 1.807) is 12.1 Å². The molecule has 0 radical (unpaired) electrons. The molecule has 2 heteroatoms. The minimum atomic E-state index is -0.345. The Bertz CT molecular complexity index is 697. The fourth-order valence-electron chi connectivity index (χ4n) is 6.52. The van der Waals surface area contributed by atoms with Crippen molar-refractivity contribution in [1.29, 1.82) is 5.26 Å². The highest BCUT2D eigenvalue weighted by molar-refractivity contribution is 5.35. The average molecular weight is 382 g/mol. The molecule has 3 saturated carbocycles. The van der Waals surface area contributed by atoms with Crippen LogP contribution in [0.2, 0.25) is 0 Å². The van der Waals surface area contributed by atoms with E-state index in [-0.39, 0.29) is 11.4 Å². The SMILES string of the molecule is CC1CCC(CCC2CCC3CC(c4ccc(C#N)c(F)c4)CCC3C2)CC1. The van der Waals surface area contributed by atoms with Gasteiger partial charge in [0, 0.05) is 0 Å². The summed E-state index contributed by atoms with van der Waals surface area (Å²) in [5, 5.41) is 8.95. The number of hydrogen-bond acceptors (Lipinski definition) is 1. The van der Waals surface area contributed by atoms with Crippen LogP contribution in [0.15, 0.2) is 18.2 Å². The van der Waals surface area contributed by atoms with Crippen LogP contribution in [0, 0.1) is 46.7 Å². The first kappa shape index (κ1) is 19.9. The van der Waals surface area contributed by atoms with Gasteiger partial charge in [-0.3, -0.25) is 0 Å². The predicted molar refractivity (Wildman–Crippen MR) is 112 cm³/mol. The van der Waals surface area contributed by atoms with Crippen molar-refractivity contribution in [2.45, 2.75) is 89.9 Å². The summed E-state index contributed by atoms with van der Waals surface area (Å²) in [5.74, 6) is 4.83. The molecule has 0 amide bonds. The molecule has 3 aliphatic carbocycles. The minimum Gasteiger partial charge on any atom is -0.206 e. The van der Waals surface area contributed by atoms with E-state index in [2.05, 4.69) is 6.92 Å². The lowest BCUT2D eigenvalue weighted by Gasteiger charge is -2.42. The van der Waals surface area contributed by atoms with Crippen LogP contribution in [0.3, 0.4) is 0 Å². The number of nitriles is 1. The van der Waals surface area contributed by atoms with Crippen molar-refractivity contribution in [2.24, 2.45) is 29.6 Å². The van der Waals surface area contributed by atoms with Gasteiger partial charge in [0.15, 0.2) is 0 Å². The molecule has 0 aromatic heterocycles. The first-order valence-corrected chi connectivity index (χ1v) is 11.8. The number of hydrogen-bond donors (Lipinski definition) is 0. The smallest absolute Gasteiger partial charge is 0.141 e. The molecule has 4 unspecified atom stereocenters. The summed E-state index contributed by atoms with van der Waals surface area (Å²) in [6.45, 7) is 2.42. The lowest BCUT2D eigenvalue weighted by Crippen LogP contribution is -2.30. The summed E-state index contributed by atoms with van der Waals surface area (Å²) < 4.78 is 14.0. The Morgan fingerprint density at radius 2 is 1.57 bits per heavy atom. The molecule has 3 aliphatic rings. The highest BCUT2D eigenvalue weighted by Gasteiger charge is 2.36. The van der Waals surface area contributed by atoms with Gasteiger partial charge in [-0.05, 0) is 85.3 Å². The van der Waals surface area contributed by atoms with Crippen LogP contribution in [-0.2, 0) is 0 Å². The van der Waals surface area contributed by atoms with E-state index >= 15 is 0 Å². The predicted octanol–water partition coefficient (Wildman–Crippen LogP) is 7.60. The van der Waals surface area contributed by atoms with Crippen molar-refractivity contribution in [3.63, 3.8) is 0 Å². The van der Waals surface area contributed by atoms with Crippen LogP contribution in [0.5, 0.6) is 0 Å². The summed E-state index contributed by atoms with van der Waals surface area (Å²) in [7, 11) is 0. The monoisotopic (exact) mass is 381 g/mol. The topological polar surface area (TPSA) is 23.8 Å². The lowest BCUT2D eigenvalue weighted by atomic mass is 9.63. The number of fused-ring (bicyclic) bond motifs is 1. The number of benzene rings is 1. The first-order valence-electron chi connectivity index (χ1n) is 11.8. The van der Waals surface area contributed by atoms with Crippen molar-refractivity contribution in [3.05, 3.63) is 35.1 Å². The summed E-state index contributed by atoms with van der Waals surface area (Å²) >= 11 is 0. The van der Waals surface area contributed by atoms with Gasteiger partial charge in [-0.2, -0.15) is 5.26 Å². The number of rotatable bonds is 4. The fourth-order valence-corrected chi connectivity index (χ4v) is 6.52. The van der Waals surface area contributed by atoms with Gasteiger partial charge in [-0.25, -0.2) is 4.39 Å². The summed E-state index contributed by atoms with van der Waals surface area (Å²) in [4.78, 5) is 0. The van der Waals surface area contributed by atoms with E-state index in [0.717, 1.165) is 35.2 Å². The van der Waals surface area contributed by atoms with Gasteiger partial charge in [-0.15, -0.1) is 0 Å². The Morgan fingerprint density at radius 3 is 2.32 bits per heavy atom. The molecule has 0 bridgehead atoms. The molecule has 1 aromatic carbocycles. The van der Waals surface area contributed by atoms with Crippen molar-refractivity contribution in [1.82, 2.24) is 0 Å². The molecular weight excluding hydrogens is 345 g/mol. The maximum atomic E-state index is 14.0. The Labute approximate surface area is 170 Å². The Kier molecular flexibility index (Phi) is 6.39. The molecule has 0 heterocycles. The van der Waals surface area contributed by atoms with Gasteiger partial charge in [0.25, 0.3) is 0 Å². The van der Waals surface area contributed by atoms with Gasteiger partial charge in [0.1, 0.15) is 11.9 Å². The molecule has 4 atom stereocenters. The highest BCUT2D eigenvalue weighted by atomic mass is 19.1. The molecule has 1 nitrogen and oxygen atoms in total. The standard InChI is InChI=1S/C26H36FN/c1-18-2-4-19(5-3-18)6-7-20-8-9-22-15-23(11-10-21(22)14-20)24-12-13-25(17-28)26(27)16-24/h12-13,16,18-23H,2-11,14-15H2,1H3. The molecule has 1 aromatic rings. The van der Waals surface area contributed by atoms with Gasteiger partial charge < -0.3 is 0 Å².